The lowest BCUT2D eigenvalue weighted by atomic mass is 10.3. The minimum atomic E-state index is 0.360. The summed E-state index contributed by atoms with van der Waals surface area (Å²) in [5.41, 5.74) is 2.85. The SMILES string of the molecule is ClCc1nc2ccc(Cl)cc2n1Cc1ccccn1. The molecule has 0 atom stereocenters. The maximum absolute atomic E-state index is 6.06. The second kappa shape index (κ2) is 5.19. The van der Waals surface area contributed by atoms with E-state index in [9.17, 15) is 0 Å². The smallest absolute Gasteiger partial charge is 0.125 e. The van der Waals surface area contributed by atoms with Gasteiger partial charge < -0.3 is 4.57 Å². The van der Waals surface area contributed by atoms with Crippen LogP contribution in [-0.2, 0) is 12.4 Å². The largest absolute Gasteiger partial charge is 0.321 e. The fourth-order valence-electron chi connectivity index (χ4n) is 2.08. The lowest BCUT2D eigenvalue weighted by Gasteiger charge is -2.07. The Morgan fingerprint density at radius 2 is 2.05 bits per heavy atom. The van der Waals surface area contributed by atoms with Crippen molar-refractivity contribution in [3.63, 3.8) is 0 Å². The maximum Gasteiger partial charge on any atom is 0.125 e. The Bertz CT molecular complexity index is 707. The van der Waals surface area contributed by atoms with E-state index in [0.29, 0.717) is 17.4 Å². The summed E-state index contributed by atoms with van der Waals surface area (Å²) in [6, 6.07) is 11.5. The Labute approximate surface area is 120 Å². The molecule has 3 aromatic rings. The zero-order valence-electron chi connectivity index (χ0n) is 10.1. The van der Waals surface area contributed by atoms with Crippen LogP contribution in [0.1, 0.15) is 11.5 Å². The summed E-state index contributed by atoms with van der Waals surface area (Å²) in [6.45, 7) is 0.639. The molecule has 0 unspecified atom stereocenters. The van der Waals surface area contributed by atoms with Crippen LogP contribution >= 0.6 is 23.2 Å². The Balaban J connectivity index is 2.12. The van der Waals surface area contributed by atoms with Gasteiger partial charge in [-0.2, -0.15) is 0 Å². The van der Waals surface area contributed by atoms with Crippen LogP contribution in [0.4, 0.5) is 0 Å². The third-order valence-electron chi connectivity index (χ3n) is 2.96. The second-order valence-electron chi connectivity index (χ2n) is 4.20. The first-order valence-electron chi connectivity index (χ1n) is 5.88. The minimum absolute atomic E-state index is 0.360. The van der Waals surface area contributed by atoms with Crippen molar-refractivity contribution in [2.45, 2.75) is 12.4 Å². The predicted molar refractivity (Wildman–Crippen MR) is 77.6 cm³/mol. The summed E-state index contributed by atoms with van der Waals surface area (Å²) in [4.78, 5) is 8.85. The third-order valence-corrected chi connectivity index (χ3v) is 3.43. The van der Waals surface area contributed by atoms with Crippen molar-refractivity contribution < 1.29 is 0 Å². The topological polar surface area (TPSA) is 30.7 Å². The molecule has 19 heavy (non-hydrogen) atoms. The number of hydrogen-bond donors (Lipinski definition) is 0. The van der Waals surface area contributed by atoms with Crippen molar-refractivity contribution in [1.82, 2.24) is 14.5 Å². The molecule has 0 radical (unpaired) electrons. The molecule has 2 aromatic heterocycles. The van der Waals surface area contributed by atoms with Gasteiger partial charge in [0.2, 0.25) is 0 Å². The first kappa shape index (κ1) is 12.5. The van der Waals surface area contributed by atoms with Gasteiger partial charge in [0, 0.05) is 11.2 Å². The standard InChI is InChI=1S/C14H11Cl2N3/c15-8-14-18-12-5-4-10(16)7-13(12)19(14)9-11-3-1-2-6-17-11/h1-7H,8-9H2. The third kappa shape index (κ3) is 2.44. The molecule has 96 valence electrons. The molecule has 0 amide bonds. The van der Waals surface area contributed by atoms with Gasteiger partial charge in [-0.1, -0.05) is 17.7 Å². The number of pyridine rings is 1. The first-order chi connectivity index (χ1) is 9.28. The Morgan fingerprint density at radius 1 is 1.16 bits per heavy atom. The van der Waals surface area contributed by atoms with Crippen LogP contribution in [0.15, 0.2) is 42.6 Å². The Morgan fingerprint density at radius 3 is 2.79 bits per heavy atom. The van der Waals surface area contributed by atoms with E-state index in [1.54, 1.807) is 6.20 Å². The maximum atomic E-state index is 6.06. The van der Waals surface area contributed by atoms with E-state index < -0.39 is 0 Å². The van der Waals surface area contributed by atoms with Crippen molar-refractivity contribution in [2.75, 3.05) is 0 Å². The summed E-state index contributed by atoms with van der Waals surface area (Å²) >= 11 is 12.0. The molecule has 0 saturated carbocycles. The lowest BCUT2D eigenvalue weighted by molar-refractivity contribution is 0.758. The minimum Gasteiger partial charge on any atom is -0.321 e. The highest BCUT2D eigenvalue weighted by Gasteiger charge is 2.11. The van der Waals surface area contributed by atoms with Gasteiger partial charge in [-0.15, -0.1) is 11.6 Å². The average molecular weight is 292 g/mol. The van der Waals surface area contributed by atoms with Crippen LogP contribution in [0.2, 0.25) is 5.02 Å². The van der Waals surface area contributed by atoms with Crippen molar-refractivity contribution >= 4 is 34.2 Å². The molecule has 0 saturated heterocycles. The first-order valence-corrected chi connectivity index (χ1v) is 6.80. The summed E-state index contributed by atoms with van der Waals surface area (Å²) in [6.07, 6.45) is 1.78. The summed E-state index contributed by atoms with van der Waals surface area (Å²) in [5, 5.41) is 0.691. The quantitative estimate of drug-likeness (QED) is 0.686. The molecule has 0 N–H and O–H groups in total. The number of fused-ring (bicyclic) bond motifs is 1. The zero-order valence-corrected chi connectivity index (χ0v) is 11.6. The van der Waals surface area contributed by atoms with Gasteiger partial charge in [-0.3, -0.25) is 4.98 Å². The molecule has 0 aliphatic rings. The van der Waals surface area contributed by atoms with E-state index in [0.717, 1.165) is 22.6 Å². The summed E-state index contributed by atoms with van der Waals surface area (Å²) in [5.74, 6) is 1.18. The zero-order chi connectivity index (χ0) is 13.2. The Kier molecular flexibility index (Phi) is 3.40. The van der Waals surface area contributed by atoms with Crippen molar-refractivity contribution in [3.05, 3.63) is 59.1 Å². The number of halogens is 2. The van der Waals surface area contributed by atoms with E-state index in [-0.39, 0.29) is 0 Å². The number of rotatable bonds is 3. The van der Waals surface area contributed by atoms with Gasteiger partial charge in [-0.05, 0) is 30.3 Å². The Hall–Kier alpha value is -1.58. The number of hydrogen-bond acceptors (Lipinski definition) is 2. The van der Waals surface area contributed by atoms with Gasteiger partial charge in [0.25, 0.3) is 0 Å². The van der Waals surface area contributed by atoms with E-state index in [2.05, 4.69) is 14.5 Å². The van der Waals surface area contributed by atoms with Crippen LogP contribution in [-0.4, -0.2) is 14.5 Å². The molecule has 0 fully saturated rings. The molecule has 0 aliphatic heterocycles. The molecule has 2 heterocycles. The van der Waals surface area contributed by atoms with Crippen LogP contribution < -0.4 is 0 Å². The molecule has 0 bridgehead atoms. The fourth-order valence-corrected chi connectivity index (χ4v) is 2.45. The van der Waals surface area contributed by atoms with Crippen LogP contribution in [0.25, 0.3) is 11.0 Å². The van der Waals surface area contributed by atoms with Crippen molar-refractivity contribution in [3.8, 4) is 0 Å². The monoisotopic (exact) mass is 291 g/mol. The fraction of sp³-hybridized carbons (Fsp3) is 0.143. The molecule has 0 aliphatic carbocycles. The number of aromatic nitrogens is 3. The van der Waals surface area contributed by atoms with Crippen LogP contribution in [0.3, 0.4) is 0 Å². The van der Waals surface area contributed by atoms with E-state index >= 15 is 0 Å². The van der Waals surface area contributed by atoms with Gasteiger partial charge in [-0.25, -0.2) is 4.98 Å². The average Bonchev–Trinajstić information content (AvgIpc) is 2.78. The highest BCUT2D eigenvalue weighted by atomic mass is 35.5. The number of alkyl halides is 1. The van der Waals surface area contributed by atoms with E-state index in [1.807, 2.05) is 36.4 Å². The van der Waals surface area contributed by atoms with Gasteiger partial charge in [0.05, 0.1) is 29.2 Å². The number of imidazole rings is 1. The highest BCUT2D eigenvalue weighted by Crippen LogP contribution is 2.22. The molecule has 5 heteroatoms. The highest BCUT2D eigenvalue weighted by molar-refractivity contribution is 6.31. The van der Waals surface area contributed by atoms with Gasteiger partial charge >= 0.3 is 0 Å². The normalized spacial score (nSPS) is 11.1. The van der Waals surface area contributed by atoms with E-state index in [1.165, 1.54) is 0 Å². The second-order valence-corrected chi connectivity index (χ2v) is 4.91. The molecule has 3 rings (SSSR count). The molecule has 1 aromatic carbocycles. The summed E-state index contributed by atoms with van der Waals surface area (Å²) in [7, 11) is 0. The molecular weight excluding hydrogens is 281 g/mol. The van der Waals surface area contributed by atoms with Gasteiger partial charge in [0.15, 0.2) is 0 Å². The van der Waals surface area contributed by atoms with Crippen LogP contribution in [0.5, 0.6) is 0 Å². The van der Waals surface area contributed by atoms with E-state index in [4.69, 9.17) is 23.2 Å². The molecule has 0 spiro atoms. The van der Waals surface area contributed by atoms with Crippen molar-refractivity contribution in [2.24, 2.45) is 0 Å². The number of nitrogens with zero attached hydrogens (tertiary/aromatic N) is 3. The predicted octanol–water partition coefficient (Wildman–Crippen LogP) is 3.87. The number of benzene rings is 1. The van der Waals surface area contributed by atoms with Gasteiger partial charge in [0.1, 0.15) is 5.82 Å². The summed E-state index contributed by atoms with van der Waals surface area (Å²) < 4.78 is 2.05. The lowest BCUT2D eigenvalue weighted by Crippen LogP contribution is -2.05. The molecule has 3 nitrogen and oxygen atoms in total. The van der Waals surface area contributed by atoms with Crippen molar-refractivity contribution in [1.29, 1.82) is 0 Å². The molecular formula is C14H11Cl2N3. The van der Waals surface area contributed by atoms with Crippen LogP contribution in [0, 0.1) is 0 Å².